The molecule has 0 saturated heterocycles. The number of rotatable bonds is 3. The molecule has 0 atom stereocenters. The van der Waals surface area contributed by atoms with Crippen LogP contribution in [0.3, 0.4) is 0 Å². The van der Waals surface area contributed by atoms with E-state index in [0.29, 0.717) is 12.3 Å². The summed E-state index contributed by atoms with van der Waals surface area (Å²) in [6, 6.07) is 5.48. The Morgan fingerprint density at radius 1 is 1.53 bits per heavy atom. The van der Waals surface area contributed by atoms with E-state index in [1.54, 1.807) is 20.2 Å². The molecule has 0 fully saturated rings. The summed E-state index contributed by atoms with van der Waals surface area (Å²) in [5, 5.41) is 3.02. The molecule has 0 aliphatic carbocycles. The van der Waals surface area contributed by atoms with E-state index >= 15 is 0 Å². The van der Waals surface area contributed by atoms with Gasteiger partial charge >= 0.3 is 5.76 Å². The summed E-state index contributed by atoms with van der Waals surface area (Å²) in [4.78, 5) is 11.2. The van der Waals surface area contributed by atoms with Gasteiger partial charge in [-0.05, 0) is 12.1 Å². The van der Waals surface area contributed by atoms with Crippen LogP contribution in [-0.4, -0.2) is 18.4 Å². The molecular weight excluding hydrogens is 196 g/mol. The maximum Gasteiger partial charge on any atom is 0.419 e. The van der Waals surface area contributed by atoms with Gasteiger partial charge in [-0.3, -0.25) is 4.57 Å². The maximum absolute atomic E-state index is 11.2. The van der Waals surface area contributed by atoms with Gasteiger partial charge < -0.3 is 14.5 Å². The number of anilines is 1. The van der Waals surface area contributed by atoms with Crippen molar-refractivity contribution >= 4 is 16.8 Å². The summed E-state index contributed by atoms with van der Waals surface area (Å²) in [6.07, 6.45) is 0. The summed E-state index contributed by atoms with van der Waals surface area (Å²) < 4.78 is 11.4. The number of benzene rings is 1. The SMILES string of the molecule is COCNc1ccc2c(c1)oc(=O)n2C. The van der Waals surface area contributed by atoms with E-state index in [4.69, 9.17) is 9.15 Å². The zero-order valence-electron chi connectivity index (χ0n) is 8.61. The van der Waals surface area contributed by atoms with Crippen LogP contribution in [0.2, 0.25) is 0 Å². The molecule has 80 valence electrons. The highest BCUT2D eigenvalue weighted by Crippen LogP contribution is 2.17. The molecule has 0 aliphatic heterocycles. The van der Waals surface area contributed by atoms with Gasteiger partial charge in [0, 0.05) is 25.9 Å². The van der Waals surface area contributed by atoms with Crippen molar-refractivity contribution in [2.45, 2.75) is 0 Å². The van der Waals surface area contributed by atoms with Crippen LogP contribution in [0.25, 0.3) is 11.1 Å². The van der Waals surface area contributed by atoms with Crippen molar-refractivity contribution in [2.24, 2.45) is 7.05 Å². The van der Waals surface area contributed by atoms with Crippen molar-refractivity contribution in [1.82, 2.24) is 4.57 Å². The maximum atomic E-state index is 11.2. The van der Waals surface area contributed by atoms with Crippen LogP contribution in [-0.2, 0) is 11.8 Å². The summed E-state index contributed by atoms with van der Waals surface area (Å²) in [5.74, 6) is -0.353. The molecule has 5 nitrogen and oxygen atoms in total. The van der Waals surface area contributed by atoms with Crippen molar-refractivity contribution in [3.63, 3.8) is 0 Å². The van der Waals surface area contributed by atoms with Crippen molar-refractivity contribution in [2.75, 3.05) is 19.2 Å². The third kappa shape index (κ3) is 1.73. The first kappa shape index (κ1) is 9.79. The number of fused-ring (bicyclic) bond motifs is 1. The smallest absolute Gasteiger partial charge is 0.408 e. The minimum Gasteiger partial charge on any atom is -0.408 e. The fourth-order valence-corrected chi connectivity index (χ4v) is 1.40. The second-order valence-electron chi connectivity index (χ2n) is 3.22. The Labute approximate surface area is 86.3 Å². The third-order valence-corrected chi connectivity index (χ3v) is 2.21. The molecule has 0 spiro atoms. The second kappa shape index (κ2) is 3.78. The highest BCUT2D eigenvalue weighted by atomic mass is 16.5. The molecule has 2 aromatic rings. The van der Waals surface area contributed by atoms with Gasteiger partial charge in [0.05, 0.1) is 5.52 Å². The summed E-state index contributed by atoms with van der Waals surface area (Å²) in [7, 11) is 3.28. The Balaban J connectivity index is 2.43. The lowest BCUT2D eigenvalue weighted by Crippen LogP contribution is -2.08. The Bertz CT molecular complexity index is 527. The van der Waals surface area contributed by atoms with Crippen LogP contribution < -0.4 is 11.1 Å². The Kier molecular flexibility index (Phi) is 2.47. The van der Waals surface area contributed by atoms with Gasteiger partial charge in [-0.15, -0.1) is 0 Å². The van der Waals surface area contributed by atoms with Crippen LogP contribution in [0, 0.1) is 0 Å². The zero-order chi connectivity index (χ0) is 10.8. The number of aromatic nitrogens is 1. The quantitative estimate of drug-likeness (QED) is 0.769. The average molecular weight is 208 g/mol. The molecule has 0 saturated carbocycles. The number of nitrogens with zero attached hydrogens (tertiary/aromatic N) is 1. The van der Waals surface area contributed by atoms with Crippen molar-refractivity contribution in [3.8, 4) is 0 Å². The first-order valence-corrected chi connectivity index (χ1v) is 4.55. The predicted octanol–water partition coefficient (Wildman–Crippen LogP) is 1.15. The van der Waals surface area contributed by atoms with E-state index in [-0.39, 0.29) is 5.76 Å². The Morgan fingerprint density at radius 2 is 2.33 bits per heavy atom. The number of aryl methyl sites for hydroxylation is 1. The standard InChI is InChI=1S/C10H12N2O3/c1-12-8-4-3-7(11-6-14-2)5-9(8)15-10(12)13/h3-5,11H,6H2,1-2H3. The first-order chi connectivity index (χ1) is 7.22. The van der Waals surface area contributed by atoms with Crippen LogP contribution in [0.1, 0.15) is 0 Å². The van der Waals surface area contributed by atoms with Crippen LogP contribution in [0.4, 0.5) is 5.69 Å². The molecular formula is C10H12N2O3. The lowest BCUT2D eigenvalue weighted by molar-refractivity contribution is 0.221. The van der Waals surface area contributed by atoms with Gasteiger partial charge in [0.25, 0.3) is 0 Å². The molecule has 5 heteroatoms. The third-order valence-electron chi connectivity index (χ3n) is 2.21. The second-order valence-corrected chi connectivity index (χ2v) is 3.22. The molecule has 0 unspecified atom stereocenters. The monoisotopic (exact) mass is 208 g/mol. The number of ether oxygens (including phenoxy) is 1. The van der Waals surface area contributed by atoms with E-state index in [2.05, 4.69) is 5.32 Å². The predicted molar refractivity (Wildman–Crippen MR) is 57.0 cm³/mol. The van der Waals surface area contributed by atoms with E-state index in [0.717, 1.165) is 11.2 Å². The number of hydrogen-bond donors (Lipinski definition) is 1. The van der Waals surface area contributed by atoms with Crippen LogP contribution in [0.15, 0.2) is 27.4 Å². The minimum absolute atomic E-state index is 0.353. The fourth-order valence-electron chi connectivity index (χ4n) is 1.40. The normalized spacial score (nSPS) is 10.8. The van der Waals surface area contributed by atoms with Gasteiger partial charge in [-0.2, -0.15) is 0 Å². The van der Waals surface area contributed by atoms with Gasteiger partial charge in [-0.1, -0.05) is 0 Å². The zero-order valence-corrected chi connectivity index (χ0v) is 8.61. The van der Waals surface area contributed by atoms with Crippen LogP contribution >= 0.6 is 0 Å². The molecule has 15 heavy (non-hydrogen) atoms. The van der Waals surface area contributed by atoms with E-state index < -0.39 is 0 Å². The van der Waals surface area contributed by atoms with Crippen molar-refractivity contribution in [1.29, 1.82) is 0 Å². The van der Waals surface area contributed by atoms with E-state index in [1.165, 1.54) is 4.57 Å². The fraction of sp³-hybridized carbons (Fsp3) is 0.300. The largest absolute Gasteiger partial charge is 0.419 e. The summed E-state index contributed by atoms with van der Waals surface area (Å²) in [6.45, 7) is 0.419. The highest BCUT2D eigenvalue weighted by molar-refractivity contribution is 5.77. The number of hydrogen-bond acceptors (Lipinski definition) is 4. The highest BCUT2D eigenvalue weighted by Gasteiger charge is 2.05. The molecule has 0 amide bonds. The topological polar surface area (TPSA) is 56.4 Å². The molecule has 1 aromatic heterocycles. The number of oxazole rings is 1. The van der Waals surface area contributed by atoms with Gasteiger partial charge in [-0.25, -0.2) is 4.79 Å². The van der Waals surface area contributed by atoms with E-state index in [9.17, 15) is 4.79 Å². The molecule has 1 aromatic carbocycles. The Morgan fingerprint density at radius 3 is 3.07 bits per heavy atom. The van der Waals surface area contributed by atoms with Crippen molar-refractivity contribution in [3.05, 3.63) is 28.7 Å². The summed E-state index contributed by atoms with van der Waals surface area (Å²) >= 11 is 0. The lowest BCUT2D eigenvalue weighted by atomic mass is 10.3. The first-order valence-electron chi connectivity index (χ1n) is 4.55. The Hall–Kier alpha value is -1.75. The van der Waals surface area contributed by atoms with Crippen LogP contribution in [0.5, 0.6) is 0 Å². The number of methoxy groups -OCH3 is 1. The van der Waals surface area contributed by atoms with Gasteiger partial charge in [0.15, 0.2) is 5.58 Å². The molecule has 0 bridgehead atoms. The van der Waals surface area contributed by atoms with Crippen molar-refractivity contribution < 1.29 is 9.15 Å². The van der Waals surface area contributed by atoms with Gasteiger partial charge in [0.2, 0.25) is 0 Å². The molecule has 1 heterocycles. The summed E-state index contributed by atoms with van der Waals surface area (Å²) in [5.41, 5.74) is 2.21. The number of nitrogens with one attached hydrogen (secondary N) is 1. The molecule has 0 radical (unpaired) electrons. The van der Waals surface area contributed by atoms with Gasteiger partial charge in [0.1, 0.15) is 6.73 Å². The molecule has 0 aliphatic rings. The average Bonchev–Trinajstić information content (AvgIpc) is 2.52. The minimum atomic E-state index is -0.353. The molecule has 2 rings (SSSR count). The lowest BCUT2D eigenvalue weighted by Gasteiger charge is -2.03. The molecule has 1 N–H and O–H groups in total. The van der Waals surface area contributed by atoms with E-state index in [1.807, 2.05) is 12.1 Å².